The SMILES string of the molecule is Cc1ccc(C(=O)Nc2ccc(N3CCCC3)c(C(=O)NC(C)c3ccccc3)c2)cc1[N+](=O)[O-]. The molecule has 1 aliphatic rings. The standard InChI is InChI=1S/C27H28N4O4/c1-18-10-11-21(16-25(18)31(34)35)26(32)29-22-12-13-24(30-14-6-7-15-30)23(17-22)27(33)28-19(2)20-8-4-3-5-9-20/h3-5,8-13,16-17,19H,6-7,14-15H2,1-2H3,(H,28,33)(H,29,32). The Hall–Kier alpha value is -4.20. The van der Waals surface area contributed by atoms with E-state index >= 15 is 0 Å². The summed E-state index contributed by atoms with van der Waals surface area (Å²) in [6, 6.07) is 19.1. The maximum atomic E-state index is 13.3. The molecule has 1 unspecified atom stereocenters. The van der Waals surface area contributed by atoms with Crippen LogP contribution in [-0.2, 0) is 0 Å². The number of nitro benzene ring substituents is 1. The number of amides is 2. The van der Waals surface area contributed by atoms with Crippen molar-refractivity contribution in [2.45, 2.75) is 32.7 Å². The first-order chi connectivity index (χ1) is 16.8. The molecule has 35 heavy (non-hydrogen) atoms. The van der Waals surface area contributed by atoms with Crippen LogP contribution in [0.3, 0.4) is 0 Å². The Kier molecular flexibility index (Phi) is 7.10. The molecule has 2 amide bonds. The summed E-state index contributed by atoms with van der Waals surface area (Å²) >= 11 is 0. The summed E-state index contributed by atoms with van der Waals surface area (Å²) in [6.45, 7) is 5.29. The predicted molar refractivity (Wildman–Crippen MR) is 136 cm³/mol. The number of nitrogens with one attached hydrogen (secondary N) is 2. The zero-order valence-corrected chi connectivity index (χ0v) is 19.8. The van der Waals surface area contributed by atoms with Gasteiger partial charge in [0.05, 0.1) is 16.5 Å². The van der Waals surface area contributed by atoms with Gasteiger partial charge in [-0.2, -0.15) is 0 Å². The van der Waals surface area contributed by atoms with Crippen molar-refractivity contribution in [2.75, 3.05) is 23.3 Å². The molecule has 8 heteroatoms. The summed E-state index contributed by atoms with van der Waals surface area (Å²) in [5.41, 5.74) is 3.28. The molecule has 1 heterocycles. The summed E-state index contributed by atoms with van der Waals surface area (Å²) in [7, 11) is 0. The Morgan fingerprint density at radius 2 is 1.69 bits per heavy atom. The highest BCUT2D eigenvalue weighted by Crippen LogP contribution is 2.29. The van der Waals surface area contributed by atoms with Gasteiger partial charge >= 0.3 is 0 Å². The number of hydrogen-bond donors (Lipinski definition) is 2. The lowest BCUT2D eigenvalue weighted by Crippen LogP contribution is -2.29. The van der Waals surface area contributed by atoms with Gasteiger partial charge in [0.1, 0.15) is 0 Å². The maximum absolute atomic E-state index is 13.3. The second-order valence-electron chi connectivity index (χ2n) is 8.74. The Morgan fingerprint density at radius 3 is 2.37 bits per heavy atom. The smallest absolute Gasteiger partial charge is 0.273 e. The van der Waals surface area contributed by atoms with Crippen LogP contribution in [0.15, 0.2) is 66.7 Å². The molecule has 0 radical (unpaired) electrons. The number of carbonyl (C=O) groups excluding carboxylic acids is 2. The number of rotatable bonds is 7. The van der Waals surface area contributed by atoms with Crippen LogP contribution in [0.25, 0.3) is 0 Å². The molecule has 4 rings (SSSR count). The third-order valence-electron chi connectivity index (χ3n) is 6.26. The van der Waals surface area contributed by atoms with Crippen LogP contribution >= 0.6 is 0 Å². The molecule has 0 saturated carbocycles. The van der Waals surface area contributed by atoms with Crippen LogP contribution in [0, 0.1) is 17.0 Å². The number of hydrogen-bond acceptors (Lipinski definition) is 5. The lowest BCUT2D eigenvalue weighted by atomic mass is 10.1. The highest BCUT2D eigenvalue weighted by Gasteiger charge is 2.22. The number of nitro groups is 1. The van der Waals surface area contributed by atoms with E-state index < -0.39 is 10.8 Å². The van der Waals surface area contributed by atoms with Crippen molar-refractivity contribution in [1.82, 2.24) is 5.32 Å². The van der Waals surface area contributed by atoms with Crippen LogP contribution in [0.1, 0.15) is 57.7 Å². The third kappa shape index (κ3) is 5.48. The van der Waals surface area contributed by atoms with Crippen LogP contribution < -0.4 is 15.5 Å². The number of anilines is 2. The molecular formula is C27H28N4O4. The second-order valence-corrected chi connectivity index (χ2v) is 8.74. The quantitative estimate of drug-likeness (QED) is 0.361. The molecule has 1 saturated heterocycles. The molecule has 1 atom stereocenters. The van der Waals surface area contributed by atoms with Crippen molar-refractivity contribution >= 4 is 28.9 Å². The van der Waals surface area contributed by atoms with Crippen LogP contribution in [0.2, 0.25) is 0 Å². The Labute approximate surface area is 204 Å². The van der Waals surface area contributed by atoms with Gasteiger partial charge in [0.15, 0.2) is 0 Å². The fourth-order valence-electron chi connectivity index (χ4n) is 4.28. The van der Waals surface area contributed by atoms with Crippen molar-refractivity contribution in [3.63, 3.8) is 0 Å². The van der Waals surface area contributed by atoms with Gasteiger partial charge in [-0.15, -0.1) is 0 Å². The molecule has 0 bridgehead atoms. The van der Waals surface area contributed by atoms with Gasteiger partial charge < -0.3 is 15.5 Å². The molecule has 8 nitrogen and oxygen atoms in total. The molecule has 180 valence electrons. The minimum absolute atomic E-state index is 0.114. The third-order valence-corrected chi connectivity index (χ3v) is 6.26. The summed E-state index contributed by atoms with van der Waals surface area (Å²) in [4.78, 5) is 39.1. The maximum Gasteiger partial charge on any atom is 0.273 e. The Bertz CT molecular complexity index is 1250. The molecular weight excluding hydrogens is 444 g/mol. The van der Waals surface area contributed by atoms with Gasteiger partial charge in [0.2, 0.25) is 0 Å². The lowest BCUT2D eigenvalue weighted by molar-refractivity contribution is -0.385. The van der Waals surface area contributed by atoms with E-state index in [1.165, 1.54) is 6.07 Å². The second kappa shape index (κ2) is 10.4. The molecule has 2 N–H and O–H groups in total. The van der Waals surface area contributed by atoms with E-state index in [1.807, 2.05) is 43.3 Å². The van der Waals surface area contributed by atoms with Gasteiger partial charge in [-0.05, 0) is 56.5 Å². The van der Waals surface area contributed by atoms with Crippen molar-refractivity contribution in [2.24, 2.45) is 0 Å². The van der Waals surface area contributed by atoms with E-state index in [-0.39, 0.29) is 23.2 Å². The monoisotopic (exact) mass is 472 g/mol. The summed E-state index contributed by atoms with van der Waals surface area (Å²) in [5, 5.41) is 17.1. The van der Waals surface area contributed by atoms with E-state index in [1.54, 1.807) is 31.2 Å². The first-order valence-corrected chi connectivity index (χ1v) is 11.6. The van der Waals surface area contributed by atoms with E-state index in [4.69, 9.17) is 0 Å². The fraction of sp³-hybridized carbons (Fsp3) is 0.259. The average Bonchev–Trinajstić information content (AvgIpc) is 3.39. The summed E-state index contributed by atoms with van der Waals surface area (Å²) < 4.78 is 0. The van der Waals surface area contributed by atoms with Gasteiger partial charge in [0.25, 0.3) is 17.5 Å². The first kappa shape index (κ1) is 23.9. The fourth-order valence-corrected chi connectivity index (χ4v) is 4.28. The highest BCUT2D eigenvalue weighted by atomic mass is 16.6. The van der Waals surface area contributed by atoms with E-state index in [2.05, 4.69) is 15.5 Å². The molecule has 1 fully saturated rings. The normalized spacial score (nSPS) is 13.8. The predicted octanol–water partition coefficient (Wildman–Crippen LogP) is 5.25. The largest absolute Gasteiger partial charge is 0.371 e. The minimum atomic E-state index is -0.507. The van der Waals surface area contributed by atoms with E-state index in [0.717, 1.165) is 37.2 Å². The lowest BCUT2D eigenvalue weighted by Gasteiger charge is -2.23. The number of aryl methyl sites for hydroxylation is 1. The van der Waals surface area contributed by atoms with Gasteiger partial charge in [0, 0.05) is 41.7 Å². The van der Waals surface area contributed by atoms with Gasteiger partial charge in [-0.25, -0.2) is 0 Å². The highest BCUT2D eigenvalue weighted by molar-refractivity contribution is 6.06. The average molecular weight is 473 g/mol. The molecule has 3 aromatic rings. The van der Waals surface area contributed by atoms with Crippen LogP contribution in [-0.4, -0.2) is 29.8 Å². The van der Waals surface area contributed by atoms with Gasteiger partial charge in [-0.1, -0.05) is 36.4 Å². The van der Waals surface area contributed by atoms with Crippen LogP contribution in [0.5, 0.6) is 0 Å². The molecule has 1 aliphatic heterocycles. The first-order valence-electron chi connectivity index (χ1n) is 11.6. The molecule has 0 spiro atoms. The van der Waals surface area contributed by atoms with Gasteiger partial charge in [-0.3, -0.25) is 19.7 Å². The Morgan fingerprint density at radius 1 is 0.971 bits per heavy atom. The summed E-state index contributed by atoms with van der Waals surface area (Å²) in [6.07, 6.45) is 2.12. The zero-order chi connectivity index (χ0) is 24.9. The van der Waals surface area contributed by atoms with Crippen molar-refractivity contribution in [1.29, 1.82) is 0 Å². The van der Waals surface area contributed by atoms with Crippen molar-refractivity contribution in [3.8, 4) is 0 Å². The van der Waals surface area contributed by atoms with E-state index in [0.29, 0.717) is 16.8 Å². The van der Waals surface area contributed by atoms with Crippen LogP contribution in [0.4, 0.5) is 17.1 Å². The minimum Gasteiger partial charge on any atom is -0.371 e. The molecule has 0 aliphatic carbocycles. The number of nitrogens with zero attached hydrogens (tertiary/aromatic N) is 2. The van der Waals surface area contributed by atoms with Crippen molar-refractivity contribution in [3.05, 3.63) is 99.1 Å². The van der Waals surface area contributed by atoms with Crippen molar-refractivity contribution < 1.29 is 14.5 Å². The van der Waals surface area contributed by atoms with E-state index in [9.17, 15) is 19.7 Å². The zero-order valence-electron chi connectivity index (χ0n) is 19.8. The molecule has 3 aromatic carbocycles. The summed E-state index contributed by atoms with van der Waals surface area (Å²) in [5.74, 6) is -0.712. The Balaban J connectivity index is 1.60. The topological polar surface area (TPSA) is 105 Å². The molecule has 0 aromatic heterocycles. The number of benzene rings is 3. The number of carbonyl (C=O) groups is 2.